The summed E-state index contributed by atoms with van der Waals surface area (Å²) >= 11 is 1.22. The molecule has 2 N–H and O–H groups in total. The number of thiophene rings is 1. The summed E-state index contributed by atoms with van der Waals surface area (Å²) in [6.45, 7) is 1.08. The molecule has 12 heteroatoms. The van der Waals surface area contributed by atoms with Crippen LogP contribution in [0.3, 0.4) is 0 Å². The summed E-state index contributed by atoms with van der Waals surface area (Å²) in [6.07, 6.45) is -3.47. The number of amides is 3. The number of likely N-dealkylation sites (N-methyl/N-ethyl adjacent to an activating group) is 1. The van der Waals surface area contributed by atoms with Gasteiger partial charge in [0.25, 0.3) is 11.8 Å². The lowest BCUT2D eigenvalue weighted by Gasteiger charge is -2.26. The molecule has 2 unspecified atom stereocenters. The van der Waals surface area contributed by atoms with E-state index < -0.39 is 35.7 Å². The third-order valence-corrected chi connectivity index (χ3v) is 7.09. The van der Waals surface area contributed by atoms with Gasteiger partial charge in [0.1, 0.15) is 12.3 Å². The first kappa shape index (κ1) is 27.1. The van der Waals surface area contributed by atoms with Gasteiger partial charge in [-0.05, 0) is 24.5 Å². The normalized spacial score (nSPS) is 14.7. The first-order valence-electron chi connectivity index (χ1n) is 11.0. The Balaban J connectivity index is 1.66. The van der Waals surface area contributed by atoms with Crippen LogP contribution in [-0.4, -0.2) is 54.0 Å². The highest BCUT2D eigenvalue weighted by Gasteiger charge is 2.38. The van der Waals surface area contributed by atoms with E-state index in [0.717, 1.165) is 6.92 Å². The Kier molecular flexibility index (Phi) is 8.28. The lowest BCUT2D eigenvalue weighted by Crippen LogP contribution is -2.46. The average Bonchev–Trinajstić information content (AvgIpc) is 3.41. The van der Waals surface area contributed by atoms with Crippen molar-refractivity contribution in [3.8, 4) is 0 Å². The molecule has 1 aromatic carbocycles. The molecule has 0 radical (unpaired) electrons. The zero-order valence-corrected chi connectivity index (χ0v) is 20.3. The van der Waals surface area contributed by atoms with Crippen molar-refractivity contribution in [1.82, 2.24) is 15.5 Å². The van der Waals surface area contributed by atoms with Crippen LogP contribution in [0.2, 0.25) is 0 Å². The van der Waals surface area contributed by atoms with Crippen molar-refractivity contribution in [2.45, 2.75) is 51.0 Å². The van der Waals surface area contributed by atoms with E-state index in [-0.39, 0.29) is 43.0 Å². The predicted octanol–water partition coefficient (Wildman–Crippen LogP) is 2.96. The van der Waals surface area contributed by atoms with Gasteiger partial charge in [0, 0.05) is 35.8 Å². The fraction of sp³-hybridized carbons (Fsp3) is 0.375. The number of fused-ring (bicyclic) bond motifs is 1. The molecule has 2 aromatic rings. The summed E-state index contributed by atoms with van der Waals surface area (Å²) in [6, 6.07) is 3.86. The van der Waals surface area contributed by atoms with Crippen molar-refractivity contribution in [3.05, 3.63) is 56.8 Å². The van der Waals surface area contributed by atoms with Crippen molar-refractivity contribution in [2.75, 3.05) is 7.05 Å². The highest BCUT2D eigenvalue weighted by Crippen LogP contribution is 2.35. The Hall–Kier alpha value is -3.54. The minimum absolute atomic E-state index is 0.0222. The molecule has 1 aromatic heterocycles. The van der Waals surface area contributed by atoms with Gasteiger partial charge in [0.15, 0.2) is 0 Å². The SMILES string of the molecule is CNC(=O)C(CCC=O)N1Cc2c(csc2CNC(=O)C(=O)c2ccc(C(C)C(F)(F)F)cc2)C1=O. The highest BCUT2D eigenvalue weighted by atomic mass is 32.1. The number of Topliss-reactive ketones (excluding diaryl/α,β-unsaturated/α-hetero) is 1. The van der Waals surface area contributed by atoms with Gasteiger partial charge in [0.2, 0.25) is 11.7 Å². The molecule has 0 spiro atoms. The van der Waals surface area contributed by atoms with Gasteiger partial charge in [-0.2, -0.15) is 13.2 Å². The Bertz CT molecular complexity index is 1180. The van der Waals surface area contributed by atoms with E-state index in [2.05, 4.69) is 10.6 Å². The third kappa shape index (κ3) is 5.64. The van der Waals surface area contributed by atoms with Crippen LogP contribution in [0.1, 0.15) is 62.4 Å². The Morgan fingerprint density at radius 2 is 1.86 bits per heavy atom. The van der Waals surface area contributed by atoms with E-state index in [9.17, 15) is 37.1 Å². The minimum Gasteiger partial charge on any atom is -0.357 e. The number of nitrogens with one attached hydrogen (secondary N) is 2. The van der Waals surface area contributed by atoms with E-state index >= 15 is 0 Å². The maximum atomic E-state index is 12.9. The molecule has 192 valence electrons. The molecule has 8 nitrogen and oxygen atoms in total. The van der Waals surface area contributed by atoms with E-state index in [1.54, 1.807) is 5.38 Å². The Labute approximate surface area is 208 Å². The standard InChI is InChI=1S/C24H24F3N3O5S/c1-13(24(25,26)27)14-5-7-15(8-6-14)20(32)22(34)29-10-19-16-11-30(23(35)17(16)12-36-19)18(4-3-9-31)21(33)28-2/h5-9,12-13,18H,3-4,10-11H2,1-2H3,(H,28,33)(H,29,34). The van der Waals surface area contributed by atoms with Crippen LogP contribution >= 0.6 is 11.3 Å². The number of benzene rings is 1. The summed E-state index contributed by atoms with van der Waals surface area (Å²) in [5.74, 6) is -4.30. The molecule has 0 saturated heterocycles. The topological polar surface area (TPSA) is 113 Å². The van der Waals surface area contributed by atoms with Gasteiger partial charge >= 0.3 is 6.18 Å². The number of aldehydes is 1. The van der Waals surface area contributed by atoms with Crippen molar-refractivity contribution in [3.63, 3.8) is 0 Å². The van der Waals surface area contributed by atoms with Crippen LogP contribution in [0.15, 0.2) is 29.6 Å². The van der Waals surface area contributed by atoms with Gasteiger partial charge in [-0.3, -0.25) is 19.2 Å². The second kappa shape index (κ2) is 11.0. The summed E-state index contributed by atoms with van der Waals surface area (Å²) in [7, 11) is 1.44. The summed E-state index contributed by atoms with van der Waals surface area (Å²) < 4.78 is 38.6. The number of rotatable bonds is 10. The third-order valence-electron chi connectivity index (χ3n) is 6.06. The molecule has 0 fully saturated rings. The minimum atomic E-state index is -4.42. The number of carbonyl (C=O) groups excluding carboxylic acids is 5. The maximum Gasteiger partial charge on any atom is 0.395 e. The van der Waals surface area contributed by atoms with Gasteiger partial charge < -0.3 is 20.3 Å². The van der Waals surface area contributed by atoms with E-state index in [4.69, 9.17) is 0 Å². The van der Waals surface area contributed by atoms with Crippen molar-refractivity contribution in [2.24, 2.45) is 0 Å². The first-order chi connectivity index (χ1) is 17.0. The van der Waals surface area contributed by atoms with Crippen LogP contribution in [0.4, 0.5) is 13.2 Å². The van der Waals surface area contributed by atoms with Gasteiger partial charge in [-0.1, -0.05) is 24.3 Å². The van der Waals surface area contributed by atoms with Crippen LogP contribution in [-0.2, 0) is 27.5 Å². The zero-order valence-electron chi connectivity index (χ0n) is 19.5. The summed E-state index contributed by atoms with van der Waals surface area (Å²) in [4.78, 5) is 62.8. The largest absolute Gasteiger partial charge is 0.395 e. The molecule has 2 atom stereocenters. The van der Waals surface area contributed by atoms with Crippen molar-refractivity contribution >= 4 is 41.1 Å². The van der Waals surface area contributed by atoms with Crippen LogP contribution in [0.5, 0.6) is 0 Å². The van der Waals surface area contributed by atoms with Crippen LogP contribution in [0, 0.1) is 0 Å². The zero-order chi connectivity index (χ0) is 26.6. The molecule has 2 heterocycles. The number of nitrogens with zero attached hydrogens (tertiary/aromatic N) is 1. The molecule has 3 amide bonds. The monoisotopic (exact) mass is 523 g/mol. The Morgan fingerprint density at radius 1 is 1.19 bits per heavy atom. The molecular weight excluding hydrogens is 499 g/mol. The smallest absolute Gasteiger partial charge is 0.357 e. The Morgan fingerprint density at radius 3 is 2.44 bits per heavy atom. The number of hydrogen-bond donors (Lipinski definition) is 2. The summed E-state index contributed by atoms with van der Waals surface area (Å²) in [5.41, 5.74) is 0.950. The van der Waals surface area contributed by atoms with Gasteiger partial charge in [-0.15, -0.1) is 11.3 Å². The van der Waals surface area contributed by atoms with Crippen molar-refractivity contribution < 1.29 is 37.1 Å². The fourth-order valence-electron chi connectivity index (χ4n) is 3.88. The highest BCUT2D eigenvalue weighted by molar-refractivity contribution is 7.10. The average molecular weight is 524 g/mol. The molecule has 0 bridgehead atoms. The van der Waals surface area contributed by atoms with E-state index in [1.165, 1.54) is 47.5 Å². The lowest BCUT2D eigenvalue weighted by molar-refractivity contribution is -0.146. The molecular formula is C24H24F3N3O5S. The van der Waals surface area contributed by atoms with Gasteiger partial charge in [0.05, 0.1) is 18.0 Å². The molecule has 3 rings (SSSR count). The molecule has 1 aliphatic rings. The van der Waals surface area contributed by atoms with Crippen molar-refractivity contribution in [1.29, 1.82) is 0 Å². The number of hydrogen-bond acceptors (Lipinski definition) is 6. The molecule has 1 aliphatic heterocycles. The second-order valence-electron chi connectivity index (χ2n) is 8.26. The van der Waals surface area contributed by atoms with E-state index in [1.807, 2.05) is 0 Å². The van der Waals surface area contributed by atoms with Gasteiger partial charge in [-0.25, -0.2) is 0 Å². The number of halogens is 3. The van der Waals surface area contributed by atoms with Crippen LogP contribution < -0.4 is 10.6 Å². The number of alkyl halides is 3. The quantitative estimate of drug-likeness (QED) is 0.283. The number of carbonyl (C=O) groups is 5. The fourth-order valence-corrected chi connectivity index (χ4v) is 4.85. The maximum absolute atomic E-state index is 12.9. The summed E-state index contributed by atoms with van der Waals surface area (Å²) in [5, 5.41) is 6.60. The number of ketones is 1. The molecule has 0 saturated carbocycles. The molecule has 0 aliphatic carbocycles. The predicted molar refractivity (Wildman–Crippen MR) is 124 cm³/mol. The lowest BCUT2D eigenvalue weighted by atomic mass is 9.98. The first-order valence-corrected chi connectivity index (χ1v) is 11.9. The molecule has 36 heavy (non-hydrogen) atoms. The van der Waals surface area contributed by atoms with E-state index in [0.29, 0.717) is 22.3 Å². The second-order valence-corrected chi connectivity index (χ2v) is 9.22. The van der Waals surface area contributed by atoms with Crippen LogP contribution in [0.25, 0.3) is 0 Å².